The number of thiazole rings is 1. The molecule has 8 heteroatoms. The van der Waals surface area contributed by atoms with Gasteiger partial charge >= 0.3 is 0 Å². The molecule has 2 aromatic carbocycles. The Balaban J connectivity index is 1.80. The molecule has 0 aliphatic carbocycles. The molecule has 0 atom stereocenters. The number of hydrogen-bond acceptors (Lipinski definition) is 6. The Morgan fingerprint density at radius 1 is 1.17 bits per heavy atom. The fourth-order valence-corrected chi connectivity index (χ4v) is 3.84. The van der Waals surface area contributed by atoms with E-state index in [-0.39, 0.29) is 5.91 Å². The Labute approximate surface area is 139 Å². The van der Waals surface area contributed by atoms with Gasteiger partial charge in [-0.25, -0.2) is 4.98 Å². The number of carbonyl (C=O) groups excluding carboxylic acids is 1. The van der Waals surface area contributed by atoms with E-state index in [0.29, 0.717) is 11.3 Å². The number of aromatic amines is 1. The van der Waals surface area contributed by atoms with Gasteiger partial charge in [0.25, 0.3) is 5.91 Å². The van der Waals surface area contributed by atoms with Crippen molar-refractivity contribution in [3.63, 3.8) is 0 Å². The SMILES string of the molecule is N/C(=C1/C(=O)Nc2ccc3ncsc3c21)c1ccc2nn[nH]c2c1. The van der Waals surface area contributed by atoms with E-state index in [1.54, 1.807) is 5.51 Å². The quantitative estimate of drug-likeness (QED) is 0.463. The minimum atomic E-state index is -0.203. The molecule has 24 heavy (non-hydrogen) atoms. The van der Waals surface area contributed by atoms with Crippen LogP contribution in [0, 0.1) is 0 Å². The van der Waals surface area contributed by atoms with E-state index in [1.807, 2.05) is 30.3 Å². The molecule has 4 N–H and O–H groups in total. The highest BCUT2D eigenvalue weighted by atomic mass is 32.1. The van der Waals surface area contributed by atoms with E-state index in [4.69, 9.17) is 5.73 Å². The van der Waals surface area contributed by atoms with Gasteiger partial charge in [0.15, 0.2) is 0 Å². The Morgan fingerprint density at radius 2 is 2.04 bits per heavy atom. The third-order valence-electron chi connectivity index (χ3n) is 4.13. The summed E-state index contributed by atoms with van der Waals surface area (Å²) in [6.07, 6.45) is 0. The lowest BCUT2D eigenvalue weighted by molar-refractivity contribution is -0.110. The molecule has 0 unspecified atom stereocenters. The molecule has 4 aromatic rings. The van der Waals surface area contributed by atoms with E-state index in [0.717, 1.165) is 38.1 Å². The summed E-state index contributed by atoms with van der Waals surface area (Å²) in [7, 11) is 0. The first kappa shape index (κ1) is 13.2. The van der Waals surface area contributed by atoms with Gasteiger partial charge in [-0.2, -0.15) is 0 Å². The predicted octanol–water partition coefficient (Wildman–Crippen LogP) is 2.35. The lowest BCUT2D eigenvalue weighted by Crippen LogP contribution is -2.09. The van der Waals surface area contributed by atoms with Crippen molar-refractivity contribution >= 4 is 55.5 Å². The van der Waals surface area contributed by atoms with E-state index in [1.165, 1.54) is 11.3 Å². The maximum Gasteiger partial charge on any atom is 0.258 e. The zero-order chi connectivity index (χ0) is 16.3. The minimum Gasteiger partial charge on any atom is -0.398 e. The molecule has 7 nitrogen and oxygen atoms in total. The highest BCUT2D eigenvalue weighted by Crippen LogP contribution is 2.41. The molecule has 2 aromatic heterocycles. The second kappa shape index (κ2) is 4.62. The van der Waals surface area contributed by atoms with Crippen LogP contribution in [-0.2, 0) is 4.79 Å². The summed E-state index contributed by atoms with van der Waals surface area (Å²) in [4.78, 5) is 16.8. The molecule has 0 saturated carbocycles. The third kappa shape index (κ3) is 1.71. The van der Waals surface area contributed by atoms with Crippen LogP contribution >= 0.6 is 11.3 Å². The zero-order valence-electron chi connectivity index (χ0n) is 12.2. The summed E-state index contributed by atoms with van der Waals surface area (Å²) < 4.78 is 0.952. The molecule has 0 bridgehead atoms. The van der Waals surface area contributed by atoms with Crippen LogP contribution in [0.25, 0.3) is 32.5 Å². The van der Waals surface area contributed by atoms with Gasteiger partial charge in [-0.1, -0.05) is 11.3 Å². The van der Waals surface area contributed by atoms with Gasteiger partial charge in [-0.3, -0.25) is 9.89 Å². The summed E-state index contributed by atoms with van der Waals surface area (Å²) in [5.74, 6) is -0.203. The number of amides is 1. The molecule has 0 fully saturated rings. The van der Waals surface area contributed by atoms with Crippen molar-refractivity contribution in [1.82, 2.24) is 20.4 Å². The van der Waals surface area contributed by atoms with Gasteiger partial charge < -0.3 is 11.1 Å². The summed E-state index contributed by atoms with van der Waals surface area (Å²) in [6, 6.07) is 9.26. The van der Waals surface area contributed by atoms with Gasteiger partial charge in [-0.05, 0) is 24.3 Å². The van der Waals surface area contributed by atoms with Gasteiger partial charge in [-0.15, -0.1) is 16.4 Å². The van der Waals surface area contributed by atoms with Gasteiger partial charge in [0, 0.05) is 11.1 Å². The fraction of sp³-hybridized carbons (Fsp3) is 0. The lowest BCUT2D eigenvalue weighted by Gasteiger charge is -2.06. The molecule has 0 saturated heterocycles. The smallest absolute Gasteiger partial charge is 0.258 e. The molecular weight excluding hydrogens is 324 g/mol. The highest BCUT2D eigenvalue weighted by molar-refractivity contribution is 7.17. The number of anilines is 1. The van der Waals surface area contributed by atoms with Gasteiger partial charge in [0.1, 0.15) is 5.52 Å². The predicted molar refractivity (Wildman–Crippen MR) is 93.1 cm³/mol. The number of rotatable bonds is 1. The van der Waals surface area contributed by atoms with E-state index < -0.39 is 0 Å². The van der Waals surface area contributed by atoms with Crippen molar-refractivity contribution in [2.24, 2.45) is 5.73 Å². The number of fused-ring (bicyclic) bond motifs is 4. The van der Waals surface area contributed by atoms with Crippen molar-refractivity contribution in [3.8, 4) is 0 Å². The van der Waals surface area contributed by atoms with Crippen LogP contribution in [0.4, 0.5) is 5.69 Å². The number of carbonyl (C=O) groups is 1. The number of nitrogens with zero attached hydrogens (tertiary/aromatic N) is 3. The zero-order valence-corrected chi connectivity index (χ0v) is 13.0. The lowest BCUT2D eigenvalue weighted by atomic mass is 10.0. The number of benzene rings is 2. The standard InChI is InChI=1S/C16H10N6OS/c17-14(7-1-2-8-11(5-7)21-22-20-8)13-12-9(19-16(13)23)3-4-10-15(12)24-6-18-10/h1-6H,17H2,(H,19,23)(H,20,21,22)/b14-13+. The summed E-state index contributed by atoms with van der Waals surface area (Å²) in [5.41, 5.74) is 13.7. The number of hydrogen-bond donors (Lipinski definition) is 3. The first-order valence-corrected chi connectivity index (χ1v) is 8.09. The van der Waals surface area contributed by atoms with Gasteiger partial charge in [0.2, 0.25) is 0 Å². The average Bonchev–Trinajstić information content (AvgIpc) is 3.29. The van der Waals surface area contributed by atoms with Crippen LogP contribution in [0.15, 0.2) is 35.8 Å². The Hall–Kier alpha value is -3.26. The normalized spacial score (nSPS) is 15.8. The van der Waals surface area contributed by atoms with Crippen molar-refractivity contribution in [2.75, 3.05) is 5.32 Å². The van der Waals surface area contributed by atoms with Crippen LogP contribution in [0.3, 0.4) is 0 Å². The minimum absolute atomic E-state index is 0.203. The third-order valence-corrected chi connectivity index (χ3v) is 4.99. The maximum absolute atomic E-state index is 12.5. The Morgan fingerprint density at radius 3 is 2.96 bits per heavy atom. The fourth-order valence-electron chi connectivity index (χ4n) is 2.99. The second-order valence-electron chi connectivity index (χ2n) is 5.48. The Bertz CT molecular complexity index is 1170. The van der Waals surface area contributed by atoms with Crippen LogP contribution < -0.4 is 11.1 Å². The summed E-state index contributed by atoms with van der Waals surface area (Å²) >= 11 is 1.50. The number of aromatic nitrogens is 4. The topological polar surface area (TPSA) is 110 Å². The number of nitrogens with two attached hydrogens (primary N) is 1. The monoisotopic (exact) mass is 334 g/mol. The summed E-state index contributed by atoms with van der Waals surface area (Å²) in [5, 5.41) is 13.4. The Kier molecular flexibility index (Phi) is 2.54. The molecule has 5 rings (SSSR count). The van der Waals surface area contributed by atoms with Crippen LogP contribution in [0.1, 0.15) is 11.1 Å². The number of H-pyrrole nitrogens is 1. The summed E-state index contributed by atoms with van der Waals surface area (Å²) in [6.45, 7) is 0. The maximum atomic E-state index is 12.5. The molecule has 1 amide bonds. The van der Waals surface area contributed by atoms with Crippen LogP contribution in [0.5, 0.6) is 0 Å². The van der Waals surface area contributed by atoms with E-state index in [2.05, 4.69) is 25.7 Å². The van der Waals surface area contributed by atoms with Gasteiger partial charge in [0.05, 0.1) is 38.2 Å². The first-order valence-electron chi connectivity index (χ1n) is 7.21. The average molecular weight is 334 g/mol. The molecule has 116 valence electrons. The molecule has 0 spiro atoms. The molecule has 3 heterocycles. The first-order chi connectivity index (χ1) is 11.7. The molecule has 0 radical (unpaired) electrons. The van der Waals surface area contributed by atoms with Crippen LogP contribution in [-0.4, -0.2) is 26.3 Å². The molecule has 1 aliphatic rings. The van der Waals surface area contributed by atoms with E-state index in [9.17, 15) is 4.79 Å². The molecule has 1 aliphatic heterocycles. The van der Waals surface area contributed by atoms with E-state index >= 15 is 0 Å². The molecular formula is C16H10N6OS. The number of nitrogens with one attached hydrogen (secondary N) is 2. The van der Waals surface area contributed by atoms with Crippen molar-refractivity contribution in [2.45, 2.75) is 0 Å². The van der Waals surface area contributed by atoms with Crippen molar-refractivity contribution in [1.29, 1.82) is 0 Å². The van der Waals surface area contributed by atoms with Crippen molar-refractivity contribution < 1.29 is 4.79 Å². The van der Waals surface area contributed by atoms with Crippen LogP contribution in [0.2, 0.25) is 0 Å². The second-order valence-corrected chi connectivity index (χ2v) is 6.33. The highest BCUT2D eigenvalue weighted by Gasteiger charge is 2.30. The largest absolute Gasteiger partial charge is 0.398 e. The van der Waals surface area contributed by atoms with Crippen molar-refractivity contribution in [3.05, 3.63) is 47.0 Å².